The smallest absolute Gasteiger partial charge is 0.193 e. The molecule has 1 fully saturated rings. The van der Waals surface area contributed by atoms with E-state index in [0.717, 1.165) is 31.9 Å². The molecule has 0 saturated carbocycles. The summed E-state index contributed by atoms with van der Waals surface area (Å²) in [5, 5.41) is 3.88. The van der Waals surface area contributed by atoms with Crippen molar-refractivity contribution in [3.05, 3.63) is 23.1 Å². The molecule has 0 spiro atoms. The first-order valence-electron chi connectivity index (χ1n) is 4.94. The molecule has 14 heavy (non-hydrogen) atoms. The van der Waals surface area contributed by atoms with Crippen molar-refractivity contribution in [2.45, 2.75) is 19.5 Å². The molecule has 78 valence electrons. The van der Waals surface area contributed by atoms with E-state index in [2.05, 4.69) is 17.1 Å². The summed E-state index contributed by atoms with van der Waals surface area (Å²) in [6.07, 6.45) is 0. The molecule has 1 N–H and O–H groups in total. The number of hydrogen-bond donors (Lipinski definition) is 1. The van der Waals surface area contributed by atoms with E-state index in [0.29, 0.717) is 11.3 Å². The van der Waals surface area contributed by atoms with Crippen LogP contribution in [-0.2, 0) is 6.54 Å². The molecule has 0 unspecified atom stereocenters. The third kappa shape index (κ3) is 2.50. The molecule has 2 heterocycles. The van der Waals surface area contributed by atoms with Crippen LogP contribution in [-0.4, -0.2) is 30.6 Å². The number of rotatable bonds is 2. The summed E-state index contributed by atoms with van der Waals surface area (Å²) < 4.78 is 5.32. The van der Waals surface area contributed by atoms with Crippen molar-refractivity contribution < 1.29 is 4.42 Å². The summed E-state index contributed by atoms with van der Waals surface area (Å²) >= 11 is 5.71. The number of furan rings is 1. The van der Waals surface area contributed by atoms with Crippen molar-refractivity contribution in [2.75, 3.05) is 19.6 Å². The van der Waals surface area contributed by atoms with Gasteiger partial charge in [-0.2, -0.15) is 0 Å². The van der Waals surface area contributed by atoms with Gasteiger partial charge >= 0.3 is 0 Å². The van der Waals surface area contributed by atoms with Gasteiger partial charge < -0.3 is 9.73 Å². The second-order valence-electron chi connectivity index (χ2n) is 3.80. The fourth-order valence-electron chi connectivity index (χ4n) is 1.81. The molecule has 1 saturated heterocycles. The first kappa shape index (κ1) is 10.0. The maximum atomic E-state index is 5.71. The van der Waals surface area contributed by atoms with E-state index in [1.807, 2.05) is 6.07 Å². The number of hydrogen-bond acceptors (Lipinski definition) is 3. The Morgan fingerprint density at radius 3 is 3.14 bits per heavy atom. The second-order valence-corrected chi connectivity index (χ2v) is 4.17. The largest absolute Gasteiger partial charge is 0.448 e. The van der Waals surface area contributed by atoms with Crippen LogP contribution in [0.2, 0.25) is 5.22 Å². The van der Waals surface area contributed by atoms with Gasteiger partial charge in [0.15, 0.2) is 5.22 Å². The summed E-state index contributed by atoms with van der Waals surface area (Å²) in [5.74, 6) is 0.948. The predicted molar refractivity (Wildman–Crippen MR) is 56.5 cm³/mol. The molecule has 0 aliphatic carbocycles. The number of halogens is 1. The normalized spacial score (nSPS) is 24.0. The van der Waals surface area contributed by atoms with Gasteiger partial charge in [0.25, 0.3) is 0 Å². The predicted octanol–water partition coefficient (Wildman–Crippen LogP) is 1.73. The lowest BCUT2D eigenvalue weighted by Crippen LogP contribution is -2.48. The van der Waals surface area contributed by atoms with E-state index in [1.54, 1.807) is 6.07 Å². The van der Waals surface area contributed by atoms with Gasteiger partial charge in [0.05, 0.1) is 6.54 Å². The highest BCUT2D eigenvalue weighted by atomic mass is 35.5. The van der Waals surface area contributed by atoms with E-state index in [1.165, 1.54) is 0 Å². The Kier molecular flexibility index (Phi) is 3.11. The molecule has 1 aliphatic heterocycles. The van der Waals surface area contributed by atoms with Crippen molar-refractivity contribution >= 4 is 11.6 Å². The maximum Gasteiger partial charge on any atom is 0.193 e. The molecular formula is C10H15ClN2O. The minimum absolute atomic E-state index is 0.475. The standard InChI is InChI=1S/C10H15ClN2O/c1-8-6-13(5-4-12-8)7-9-2-3-10(11)14-9/h2-3,8,12H,4-7H2,1H3/t8-/m0/s1. The van der Waals surface area contributed by atoms with Gasteiger partial charge in [-0.3, -0.25) is 4.90 Å². The molecule has 0 aromatic carbocycles. The zero-order valence-electron chi connectivity index (χ0n) is 8.29. The van der Waals surface area contributed by atoms with Gasteiger partial charge in [-0.15, -0.1) is 0 Å². The van der Waals surface area contributed by atoms with Crippen LogP contribution in [0.15, 0.2) is 16.5 Å². The quantitative estimate of drug-likeness (QED) is 0.813. The van der Waals surface area contributed by atoms with Crippen LogP contribution in [0.1, 0.15) is 12.7 Å². The van der Waals surface area contributed by atoms with Crippen LogP contribution in [0.25, 0.3) is 0 Å². The molecule has 0 bridgehead atoms. The number of nitrogens with one attached hydrogen (secondary N) is 1. The zero-order valence-corrected chi connectivity index (χ0v) is 9.05. The molecule has 0 amide bonds. The van der Waals surface area contributed by atoms with Crippen LogP contribution in [0.3, 0.4) is 0 Å². The minimum Gasteiger partial charge on any atom is -0.448 e. The minimum atomic E-state index is 0.475. The molecule has 2 rings (SSSR count). The van der Waals surface area contributed by atoms with Crippen molar-refractivity contribution in [1.29, 1.82) is 0 Å². The SMILES string of the molecule is C[C@H]1CN(Cc2ccc(Cl)o2)CCN1. The number of piperazine rings is 1. The third-order valence-corrected chi connectivity index (χ3v) is 2.66. The molecule has 1 atom stereocenters. The highest BCUT2D eigenvalue weighted by Gasteiger charge is 2.16. The summed E-state index contributed by atoms with van der Waals surface area (Å²) in [4.78, 5) is 2.37. The van der Waals surface area contributed by atoms with E-state index in [-0.39, 0.29) is 0 Å². The number of nitrogens with zero attached hydrogens (tertiary/aromatic N) is 1. The first-order valence-corrected chi connectivity index (χ1v) is 5.32. The van der Waals surface area contributed by atoms with Crippen LogP contribution in [0, 0.1) is 0 Å². The fourth-order valence-corrected chi connectivity index (χ4v) is 1.98. The van der Waals surface area contributed by atoms with Crippen LogP contribution >= 0.6 is 11.6 Å². The topological polar surface area (TPSA) is 28.4 Å². The van der Waals surface area contributed by atoms with Crippen molar-refractivity contribution in [3.8, 4) is 0 Å². The molecule has 3 nitrogen and oxygen atoms in total. The monoisotopic (exact) mass is 214 g/mol. The maximum absolute atomic E-state index is 5.71. The average molecular weight is 215 g/mol. The van der Waals surface area contributed by atoms with Crippen LogP contribution in [0.5, 0.6) is 0 Å². The zero-order chi connectivity index (χ0) is 9.97. The lowest BCUT2D eigenvalue weighted by Gasteiger charge is -2.30. The molecule has 0 radical (unpaired) electrons. The average Bonchev–Trinajstić information content (AvgIpc) is 2.51. The second kappa shape index (κ2) is 4.34. The van der Waals surface area contributed by atoms with Gasteiger partial charge in [-0.1, -0.05) is 0 Å². The molecule has 1 aliphatic rings. The Morgan fingerprint density at radius 1 is 1.64 bits per heavy atom. The Balaban J connectivity index is 1.90. The summed E-state index contributed by atoms with van der Waals surface area (Å²) in [6, 6.07) is 4.30. The van der Waals surface area contributed by atoms with E-state index in [9.17, 15) is 0 Å². The lowest BCUT2D eigenvalue weighted by atomic mass is 10.2. The molecule has 4 heteroatoms. The Hall–Kier alpha value is -0.510. The summed E-state index contributed by atoms with van der Waals surface area (Å²) in [5.41, 5.74) is 0. The van der Waals surface area contributed by atoms with Gasteiger partial charge in [0, 0.05) is 25.7 Å². The molecule has 1 aromatic rings. The Morgan fingerprint density at radius 2 is 2.50 bits per heavy atom. The van der Waals surface area contributed by atoms with Crippen LogP contribution in [0.4, 0.5) is 0 Å². The Labute approximate surface area is 89.0 Å². The van der Waals surface area contributed by atoms with Gasteiger partial charge in [-0.05, 0) is 30.7 Å². The molecular weight excluding hydrogens is 200 g/mol. The summed E-state index contributed by atoms with van der Waals surface area (Å²) in [6.45, 7) is 6.25. The lowest BCUT2D eigenvalue weighted by molar-refractivity contribution is 0.187. The van der Waals surface area contributed by atoms with Crippen molar-refractivity contribution in [1.82, 2.24) is 10.2 Å². The van der Waals surface area contributed by atoms with Crippen LogP contribution < -0.4 is 5.32 Å². The first-order chi connectivity index (χ1) is 6.74. The van der Waals surface area contributed by atoms with E-state index < -0.39 is 0 Å². The summed E-state index contributed by atoms with van der Waals surface area (Å²) in [7, 11) is 0. The fraction of sp³-hybridized carbons (Fsp3) is 0.600. The van der Waals surface area contributed by atoms with Gasteiger partial charge in [0.1, 0.15) is 5.76 Å². The van der Waals surface area contributed by atoms with Crippen molar-refractivity contribution in [3.63, 3.8) is 0 Å². The van der Waals surface area contributed by atoms with Gasteiger partial charge in [0.2, 0.25) is 0 Å². The van der Waals surface area contributed by atoms with Crippen molar-refractivity contribution in [2.24, 2.45) is 0 Å². The third-order valence-electron chi connectivity index (χ3n) is 2.46. The highest BCUT2D eigenvalue weighted by molar-refractivity contribution is 6.28. The van der Waals surface area contributed by atoms with Gasteiger partial charge in [-0.25, -0.2) is 0 Å². The highest BCUT2D eigenvalue weighted by Crippen LogP contribution is 2.15. The van der Waals surface area contributed by atoms with E-state index >= 15 is 0 Å². The molecule has 1 aromatic heterocycles. The Bertz CT molecular complexity index is 300. The van der Waals surface area contributed by atoms with E-state index in [4.69, 9.17) is 16.0 Å².